The van der Waals surface area contributed by atoms with E-state index in [2.05, 4.69) is 0 Å². The number of amides is 2. The second kappa shape index (κ2) is 7.01. The van der Waals surface area contributed by atoms with E-state index in [1.807, 2.05) is 0 Å². The first kappa shape index (κ1) is 17.7. The van der Waals surface area contributed by atoms with Crippen LogP contribution in [0.15, 0.2) is 53.4 Å². The van der Waals surface area contributed by atoms with Crippen molar-refractivity contribution >= 4 is 41.2 Å². The summed E-state index contributed by atoms with van der Waals surface area (Å²) < 4.78 is 0. The van der Waals surface area contributed by atoms with Gasteiger partial charge in [-0.05, 0) is 36.4 Å². The number of carbonyl (C=O) groups excluding carboxylic acids is 2. The third-order valence-electron chi connectivity index (χ3n) is 3.86. The number of rotatable bonds is 5. The summed E-state index contributed by atoms with van der Waals surface area (Å²) in [6.07, 6.45) is -0.0574. The molecule has 0 radical (unpaired) electrons. The first-order valence-corrected chi connectivity index (χ1v) is 8.45. The van der Waals surface area contributed by atoms with Crippen molar-refractivity contribution in [2.75, 3.05) is 4.90 Å². The van der Waals surface area contributed by atoms with Gasteiger partial charge in [0.05, 0.1) is 22.1 Å². The molecule has 3 rings (SSSR count). The van der Waals surface area contributed by atoms with Gasteiger partial charge in [0.1, 0.15) is 0 Å². The van der Waals surface area contributed by atoms with Crippen LogP contribution in [0.25, 0.3) is 0 Å². The zero-order valence-electron chi connectivity index (χ0n) is 13.3. The molecule has 0 spiro atoms. The molecule has 2 N–H and O–H groups in total. The van der Waals surface area contributed by atoms with E-state index < -0.39 is 29.0 Å². The molecule has 1 aliphatic heterocycles. The second-order valence-electron chi connectivity index (χ2n) is 5.53. The maximum absolute atomic E-state index is 12.6. The predicted octanol–water partition coefficient (Wildman–Crippen LogP) is 2.51. The Morgan fingerprint density at radius 3 is 2.23 bits per heavy atom. The number of benzene rings is 2. The van der Waals surface area contributed by atoms with E-state index >= 15 is 0 Å². The molecule has 2 aromatic carbocycles. The first-order valence-electron chi connectivity index (χ1n) is 7.57. The van der Waals surface area contributed by atoms with Crippen LogP contribution in [0.3, 0.4) is 0 Å². The van der Waals surface area contributed by atoms with E-state index in [-0.39, 0.29) is 17.5 Å². The lowest BCUT2D eigenvalue weighted by atomic mass is 10.2. The number of hydrogen-bond acceptors (Lipinski definition) is 5. The standard InChI is InChI=1S/C18H13NO6S/c20-15-9-14(26-13-4-2-1-3-12(13)18(24)25)16(21)19(15)11-7-5-10(6-8-11)17(22)23/h1-8,14H,9H2,(H,22,23)(H,24,25)/t14-/m0/s1. The number of hydrogen-bond donors (Lipinski definition) is 2. The largest absolute Gasteiger partial charge is 0.478 e. The van der Waals surface area contributed by atoms with Crippen LogP contribution < -0.4 is 4.90 Å². The molecule has 1 fully saturated rings. The lowest BCUT2D eigenvalue weighted by molar-refractivity contribution is -0.121. The van der Waals surface area contributed by atoms with Gasteiger partial charge in [-0.1, -0.05) is 12.1 Å². The van der Waals surface area contributed by atoms with Crippen molar-refractivity contribution in [2.24, 2.45) is 0 Å². The van der Waals surface area contributed by atoms with E-state index in [4.69, 9.17) is 5.11 Å². The second-order valence-corrected chi connectivity index (χ2v) is 6.78. The summed E-state index contributed by atoms with van der Waals surface area (Å²) in [5.41, 5.74) is 0.413. The van der Waals surface area contributed by atoms with Crippen LogP contribution in [-0.2, 0) is 9.59 Å². The number of nitrogens with zero attached hydrogens (tertiary/aromatic N) is 1. The third-order valence-corrected chi connectivity index (χ3v) is 5.13. The minimum absolute atomic E-state index is 0.0501. The molecule has 26 heavy (non-hydrogen) atoms. The van der Waals surface area contributed by atoms with Crippen molar-refractivity contribution in [1.82, 2.24) is 0 Å². The van der Waals surface area contributed by atoms with E-state index in [1.165, 1.54) is 30.3 Å². The normalized spacial score (nSPS) is 16.8. The van der Waals surface area contributed by atoms with Crippen molar-refractivity contribution in [3.63, 3.8) is 0 Å². The Hall–Kier alpha value is -3.13. The maximum Gasteiger partial charge on any atom is 0.336 e. The maximum atomic E-state index is 12.6. The fourth-order valence-electron chi connectivity index (χ4n) is 2.62. The van der Waals surface area contributed by atoms with Gasteiger partial charge in [0, 0.05) is 11.3 Å². The molecule has 0 aromatic heterocycles. The summed E-state index contributed by atoms with van der Waals surface area (Å²) in [6.45, 7) is 0. The Morgan fingerprint density at radius 1 is 0.962 bits per heavy atom. The van der Waals surface area contributed by atoms with Crippen molar-refractivity contribution in [3.05, 3.63) is 59.7 Å². The number of carboxylic acids is 2. The van der Waals surface area contributed by atoms with Crippen LogP contribution in [0, 0.1) is 0 Å². The number of carboxylic acid groups (broad SMARTS) is 2. The average molecular weight is 371 g/mol. The number of anilines is 1. The molecule has 2 amide bonds. The van der Waals surface area contributed by atoms with Crippen LogP contribution in [0.4, 0.5) is 5.69 Å². The highest BCUT2D eigenvalue weighted by atomic mass is 32.2. The van der Waals surface area contributed by atoms with E-state index in [0.29, 0.717) is 10.6 Å². The van der Waals surface area contributed by atoms with Crippen molar-refractivity contribution < 1.29 is 29.4 Å². The van der Waals surface area contributed by atoms with Crippen LogP contribution in [0.5, 0.6) is 0 Å². The molecule has 132 valence electrons. The quantitative estimate of drug-likeness (QED) is 0.777. The lowest BCUT2D eigenvalue weighted by Crippen LogP contribution is -2.31. The molecule has 0 bridgehead atoms. The van der Waals surface area contributed by atoms with Gasteiger partial charge < -0.3 is 10.2 Å². The molecule has 7 nitrogen and oxygen atoms in total. The fraction of sp³-hybridized carbons (Fsp3) is 0.111. The summed E-state index contributed by atoms with van der Waals surface area (Å²) in [4.78, 5) is 48.5. The lowest BCUT2D eigenvalue weighted by Gasteiger charge is -2.15. The summed E-state index contributed by atoms with van der Waals surface area (Å²) in [5.74, 6) is -3.08. The molecule has 1 aliphatic rings. The van der Waals surface area contributed by atoms with Gasteiger partial charge >= 0.3 is 11.9 Å². The Labute approximate surface area is 152 Å². The molecule has 2 aromatic rings. The zero-order chi connectivity index (χ0) is 18.8. The van der Waals surface area contributed by atoms with Gasteiger partial charge in [0.25, 0.3) is 0 Å². The van der Waals surface area contributed by atoms with Crippen LogP contribution in [-0.4, -0.2) is 39.2 Å². The number of imide groups is 1. The van der Waals surface area contributed by atoms with Crippen LogP contribution in [0.1, 0.15) is 27.1 Å². The number of aromatic carboxylic acids is 2. The van der Waals surface area contributed by atoms with Crippen molar-refractivity contribution in [3.8, 4) is 0 Å². The highest BCUT2D eigenvalue weighted by Gasteiger charge is 2.40. The number of thioether (sulfide) groups is 1. The summed E-state index contributed by atoms with van der Waals surface area (Å²) in [6, 6.07) is 11.7. The molecule has 8 heteroatoms. The van der Waals surface area contributed by atoms with E-state index in [9.17, 15) is 24.3 Å². The molecule has 1 saturated heterocycles. The Morgan fingerprint density at radius 2 is 1.62 bits per heavy atom. The van der Waals surface area contributed by atoms with Crippen molar-refractivity contribution in [2.45, 2.75) is 16.6 Å². The van der Waals surface area contributed by atoms with Gasteiger partial charge in [-0.3, -0.25) is 9.59 Å². The molecule has 1 heterocycles. The van der Waals surface area contributed by atoms with Crippen molar-refractivity contribution in [1.29, 1.82) is 0 Å². The van der Waals surface area contributed by atoms with Gasteiger partial charge in [0.15, 0.2) is 0 Å². The SMILES string of the molecule is O=C(O)c1ccc(N2C(=O)C[C@H](Sc3ccccc3C(=O)O)C2=O)cc1. The van der Waals surface area contributed by atoms with E-state index in [1.54, 1.807) is 18.2 Å². The predicted molar refractivity (Wildman–Crippen MR) is 93.6 cm³/mol. The molecule has 1 atom stereocenters. The topological polar surface area (TPSA) is 112 Å². The molecule has 0 aliphatic carbocycles. The Kier molecular flexibility index (Phi) is 4.77. The number of carbonyl (C=O) groups is 4. The minimum atomic E-state index is -1.11. The van der Waals surface area contributed by atoms with Crippen LogP contribution >= 0.6 is 11.8 Å². The molecular weight excluding hydrogens is 358 g/mol. The van der Waals surface area contributed by atoms with Gasteiger partial charge in [0.2, 0.25) is 11.8 Å². The summed E-state index contributed by atoms with van der Waals surface area (Å²) in [7, 11) is 0. The highest BCUT2D eigenvalue weighted by Crippen LogP contribution is 2.35. The Bertz CT molecular complexity index is 908. The van der Waals surface area contributed by atoms with E-state index in [0.717, 1.165) is 16.7 Å². The zero-order valence-corrected chi connectivity index (χ0v) is 14.1. The monoisotopic (exact) mass is 371 g/mol. The van der Waals surface area contributed by atoms with Gasteiger partial charge in [-0.25, -0.2) is 14.5 Å². The molecule has 0 unspecified atom stereocenters. The first-order chi connectivity index (χ1) is 12.4. The average Bonchev–Trinajstić information content (AvgIpc) is 2.89. The van der Waals surface area contributed by atoms with Gasteiger partial charge in [-0.2, -0.15) is 0 Å². The smallest absolute Gasteiger partial charge is 0.336 e. The van der Waals surface area contributed by atoms with Crippen LogP contribution in [0.2, 0.25) is 0 Å². The highest BCUT2D eigenvalue weighted by molar-refractivity contribution is 8.00. The minimum Gasteiger partial charge on any atom is -0.478 e. The molecular formula is C18H13NO6S. The Balaban J connectivity index is 1.83. The summed E-state index contributed by atoms with van der Waals surface area (Å²) >= 11 is 1.04. The third kappa shape index (κ3) is 3.31. The molecule has 0 saturated carbocycles. The summed E-state index contributed by atoms with van der Waals surface area (Å²) in [5, 5.41) is 17.4. The van der Waals surface area contributed by atoms with Gasteiger partial charge in [-0.15, -0.1) is 11.8 Å². The fourth-order valence-corrected chi connectivity index (χ4v) is 3.80.